The lowest BCUT2D eigenvalue weighted by atomic mass is 10.1. The third-order valence-electron chi connectivity index (χ3n) is 5.29. The van der Waals surface area contributed by atoms with E-state index in [-0.39, 0.29) is 29.3 Å². The van der Waals surface area contributed by atoms with Gasteiger partial charge in [0, 0.05) is 18.4 Å². The Labute approximate surface area is 207 Å². The van der Waals surface area contributed by atoms with Crippen molar-refractivity contribution in [2.45, 2.75) is 6.18 Å². The molecular formula is C23H18F3N3O4S2. The summed E-state index contributed by atoms with van der Waals surface area (Å²) in [6, 6.07) is 10.9. The van der Waals surface area contributed by atoms with Crippen LogP contribution in [0.2, 0.25) is 0 Å². The number of amides is 3. The van der Waals surface area contributed by atoms with E-state index in [4.69, 9.17) is 17.0 Å². The fourth-order valence-corrected chi connectivity index (χ4v) is 5.08. The van der Waals surface area contributed by atoms with Crippen LogP contribution in [0.25, 0.3) is 5.57 Å². The lowest BCUT2D eigenvalue weighted by Gasteiger charge is -2.17. The van der Waals surface area contributed by atoms with Gasteiger partial charge in [-0.1, -0.05) is 48.2 Å². The number of halogens is 3. The minimum Gasteiger partial charge on any atom is -0.383 e. The molecule has 2 aromatic rings. The molecule has 2 aliphatic rings. The van der Waals surface area contributed by atoms with E-state index >= 15 is 0 Å². The van der Waals surface area contributed by atoms with Crippen LogP contribution in [0.1, 0.15) is 11.1 Å². The van der Waals surface area contributed by atoms with Crippen molar-refractivity contribution in [3.8, 4) is 0 Å². The van der Waals surface area contributed by atoms with Gasteiger partial charge < -0.3 is 10.1 Å². The van der Waals surface area contributed by atoms with Crippen LogP contribution >= 0.6 is 24.0 Å². The van der Waals surface area contributed by atoms with Crippen molar-refractivity contribution in [3.63, 3.8) is 0 Å². The van der Waals surface area contributed by atoms with Gasteiger partial charge in [-0.25, -0.2) is 0 Å². The molecule has 1 fully saturated rings. The second-order valence-electron chi connectivity index (χ2n) is 7.56. The molecule has 0 bridgehead atoms. The number of thioether (sulfide) groups is 1. The number of alkyl halides is 3. The number of anilines is 2. The van der Waals surface area contributed by atoms with Gasteiger partial charge in [-0.15, -0.1) is 0 Å². The Kier molecular flexibility index (Phi) is 6.97. The van der Waals surface area contributed by atoms with Crippen molar-refractivity contribution in [2.75, 3.05) is 37.0 Å². The zero-order valence-corrected chi connectivity index (χ0v) is 19.9. The quantitative estimate of drug-likeness (QED) is 0.459. The van der Waals surface area contributed by atoms with Gasteiger partial charge in [-0.3, -0.25) is 24.2 Å². The van der Waals surface area contributed by atoms with Crippen LogP contribution in [0.4, 0.5) is 24.5 Å². The predicted octanol–water partition coefficient (Wildman–Crippen LogP) is 3.91. The number of nitrogens with zero attached hydrogens (tertiary/aromatic N) is 2. The number of rotatable bonds is 6. The topological polar surface area (TPSA) is 79.0 Å². The number of hydrogen-bond acceptors (Lipinski definition) is 6. The van der Waals surface area contributed by atoms with Crippen molar-refractivity contribution in [1.29, 1.82) is 0 Å². The summed E-state index contributed by atoms with van der Waals surface area (Å²) in [5, 5.41) is 2.40. The lowest BCUT2D eigenvalue weighted by Crippen LogP contribution is -2.36. The van der Waals surface area contributed by atoms with Crippen LogP contribution in [0.5, 0.6) is 0 Å². The SMILES string of the molecule is COCCN1C(=O)/C(=C2/C(=O)N(CC(=O)Nc3cccc(C(F)(F)F)c3)c3ccccc32)SC1=S. The van der Waals surface area contributed by atoms with E-state index < -0.39 is 36.0 Å². The molecule has 2 aliphatic heterocycles. The third kappa shape index (κ3) is 4.95. The number of carbonyl (C=O) groups excluding carboxylic acids is 3. The lowest BCUT2D eigenvalue weighted by molar-refractivity contribution is -0.137. The zero-order chi connectivity index (χ0) is 25.3. The Balaban J connectivity index is 1.60. The highest BCUT2D eigenvalue weighted by Crippen LogP contribution is 2.44. The predicted molar refractivity (Wildman–Crippen MR) is 130 cm³/mol. The first-order valence-corrected chi connectivity index (χ1v) is 11.5. The third-order valence-corrected chi connectivity index (χ3v) is 6.74. The van der Waals surface area contributed by atoms with Crippen LogP contribution < -0.4 is 10.2 Å². The number of methoxy groups -OCH3 is 1. The van der Waals surface area contributed by atoms with Crippen LogP contribution in [-0.2, 0) is 25.3 Å². The summed E-state index contributed by atoms with van der Waals surface area (Å²) in [5.74, 6) is -1.69. The van der Waals surface area contributed by atoms with Gasteiger partial charge in [0.2, 0.25) is 5.91 Å². The molecule has 2 heterocycles. The molecule has 0 aliphatic carbocycles. The molecule has 4 rings (SSSR count). The van der Waals surface area contributed by atoms with E-state index in [0.29, 0.717) is 15.6 Å². The van der Waals surface area contributed by atoms with E-state index in [1.807, 2.05) is 0 Å². The van der Waals surface area contributed by atoms with Crippen molar-refractivity contribution in [1.82, 2.24) is 4.90 Å². The summed E-state index contributed by atoms with van der Waals surface area (Å²) in [6.07, 6.45) is -4.56. The molecule has 3 amide bonds. The standard InChI is InChI=1S/C23H18F3N3O4S2/c1-33-10-9-28-21(32)19(35-22(28)34)18-15-7-2-3-8-16(15)29(20(18)31)12-17(30)27-14-6-4-5-13(11-14)23(24,25)26/h2-8,11H,9-10,12H2,1H3,(H,27,30)/b19-18-. The smallest absolute Gasteiger partial charge is 0.383 e. The molecule has 12 heteroatoms. The molecule has 2 aromatic carbocycles. The molecule has 7 nitrogen and oxygen atoms in total. The van der Waals surface area contributed by atoms with Gasteiger partial charge in [0.25, 0.3) is 11.8 Å². The Hall–Kier alpha value is -3.22. The Bertz CT molecular complexity index is 1260. The average molecular weight is 522 g/mol. The van der Waals surface area contributed by atoms with Gasteiger partial charge in [-0.05, 0) is 24.3 Å². The summed E-state index contributed by atoms with van der Waals surface area (Å²) in [7, 11) is 1.50. The molecule has 35 heavy (non-hydrogen) atoms. The van der Waals surface area contributed by atoms with Crippen LogP contribution in [-0.4, -0.2) is 53.7 Å². The van der Waals surface area contributed by atoms with E-state index in [0.717, 1.165) is 23.9 Å². The van der Waals surface area contributed by atoms with Gasteiger partial charge in [0.1, 0.15) is 10.9 Å². The number of fused-ring (bicyclic) bond motifs is 1. The molecule has 0 saturated carbocycles. The Morgan fingerprint density at radius 2 is 1.83 bits per heavy atom. The first-order valence-electron chi connectivity index (χ1n) is 10.3. The minimum atomic E-state index is -4.56. The molecule has 0 spiro atoms. The highest BCUT2D eigenvalue weighted by Gasteiger charge is 2.42. The maximum atomic E-state index is 13.4. The molecule has 1 saturated heterocycles. The number of hydrogen-bond donors (Lipinski definition) is 1. The minimum absolute atomic E-state index is 0.0519. The fraction of sp³-hybridized carbons (Fsp3) is 0.217. The van der Waals surface area contributed by atoms with Crippen molar-refractivity contribution >= 4 is 63.0 Å². The summed E-state index contributed by atoms with van der Waals surface area (Å²) in [5.41, 5.74) is 0.0508. The summed E-state index contributed by atoms with van der Waals surface area (Å²) in [4.78, 5) is 41.8. The zero-order valence-electron chi connectivity index (χ0n) is 18.2. The van der Waals surface area contributed by atoms with Gasteiger partial charge in [0.05, 0.1) is 34.9 Å². The summed E-state index contributed by atoms with van der Waals surface area (Å²) >= 11 is 6.30. The first kappa shape index (κ1) is 24.9. The van der Waals surface area contributed by atoms with Crippen LogP contribution in [0.15, 0.2) is 53.4 Å². The number of benzene rings is 2. The molecular weight excluding hydrogens is 503 g/mol. The molecule has 0 radical (unpaired) electrons. The monoisotopic (exact) mass is 521 g/mol. The van der Waals surface area contributed by atoms with Gasteiger partial charge >= 0.3 is 6.18 Å². The maximum absolute atomic E-state index is 13.4. The number of thiocarbonyl (C=S) groups is 1. The van der Waals surface area contributed by atoms with Crippen molar-refractivity contribution < 1.29 is 32.3 Å². The molecule has 0 aromatic heterocycles. The Morgan fingerprint density at radius 3 is 2.54 bits per heavy atom. The van der Waals surface area contributed by atoms with Crippen molar-refractivity contribution in [2.24, 2.45) is 0 Å². The molecule has 0 atom stereocenters. The van der Waals surface area contributed by atoms with E-state index in [1.165, 1.54) is 29.0 Å². The van der Waals surface area contributed by atoms with Crippen LogP contribution in [0.3, 0.4) is 0 Å². The fourth-order valence-electron chi connectivity index (χ4n) is 3.70. The van der Waals surface area contributed by atoms with Gasteiger partial charge in [-0.2, -0.15) is 13.2 Å². The van der Waals surface area contributed by atoms with Gasteiger partial charge in [0.15, 0.2) is 0 Å². The van der Waals surface area contributed by atoms with E-state index in [2.05, 4.69) is 5.32 Å². The summed E-state index contributed by atoms with van der Waals surface area (Å²) in [6.45, 7) is 0.0396. The average Bonchev–Trinajstić information content (AvgIpc) is 3.24. The number of carbonyl (C=O) groups is 3. The Morgan fingerprint density at radius 1 is 1.09 bits per heavy atom. The number of ether oxygens (including phenoxy) is 1. The normalized spacial score (nSPS) is 17.9. The van der Waals surface area contributed by atoms with E-state index in [9.17, 15) is 27.6 Å². The largest absolute Gasteiger partial charge is 0.416 e. The highest BCUT2D eigenvalue weighted by atomic mass is 32.2. The first-order chi connectivity index (χ1) is 16.6. The maximum Gasteiger partial charge on any atom is 0.416 e. The molecule has 1 N–H and O–H groups in total. The van der Waals surface area contributed by atoms with E-state index in [1.54, 1.807) is 24.3 Å². The second kappa shape index (κ2) is 9.80. The summed E-state index contributed by atoms with van der Waals surface area (Å²) < 4.78 is 44.2. The van der Waals surface area contributed by atoms with Crippen molar-refractivity contribution in [3.05, 3.63) is 64.6 Å². The molecule has 0 unspecified atom stereocenters. The number of para-hydroxylation sites is 1. The molecule has 182 valence electrons. The van der Waals surface area contributed by atoms with Crippen LogP contribution in [0, 0.1) is 0 Å². The highest BCUT2D eigenvalue weighted by molar-refractivity contribution is 8.26. The second-order valence-corrected chi connectivity index (χ2v) is 9.20. The number of nitrogens with one attached hydrogen (secondary N) is 1.